The Labute approximate surface area is 101 Å². The van der Waals surface area contributed by atoms with Gasteiger partial charge in [0.15, 0.2) is 0 Å². The van der Waals surface area contributed by atoms with Gasteiger partial charge in [-0.15, -0.1) is 0 Å². The standard InChI is InChI=1S/C13H18N2O2/c1-9(14)6-7-15-13(16)11-8-17-12-5-3-2-4-10(11)12/h2-5,9,11H,6-8,14H2,1H3,(H,15,16). The van der Waals surface area contributed by atoms with E-state index < -0.39 is 0 Å². The monoisotopic (exact) mass is 234 g/mol. The summed E-state index contributed by atoms with van der Waals surface area (Å²) in [6.07, 6.45) is 0.793. The van der Waals surface area contributed by atoms with Crippen LogP contribution in [0.15, 0.2) is 24.3 Å². The van der Waals surface area contributed by atoms with Gasteiger partial charge in [0, 0.05) is 18.2 Å². The highest BCUT2D eigenvalue weighted by molar-refractivity contribution is 5.85. The Morgan fingerprint density at radius 2 is 2.35 bits per heavy atom. The summed E-state index contributed by atoms with van der Waals surface area (Å²) >= 11 is 0. The van der Waals surface area contributed by atoms with Crippen LogP contribution in [0.1, 0.15) is 24.8 Å². The molecule has 4 heteroatoms. The Morgan fingerprint density at radius 1 is 1.59 bits per heavy atom. The topological polar surface area (TPSA) is 64.3 Å². The van der Waals surface area contributed by atoms with Crippen molar-refractivity contribution in [3.05, 3.63) is 29.8 Å². The first-order valence-electron chi connectivity index (χ1n) is 5.93. The molecule has 3 N–H and O–H groups in total. The lowest BCUT2D eigenvalue weighted by Gasteiger charge is -2.11. The van der Waals surface area contributed by atoms with Crippen LogP contribution >= 0.6 is 0 Å². The zero-order valence-electron chi connectivity index (χ0n) is 9.98. The Bertz CT molecular complexity index is 404. The molecule has 0 fully saturated rings. The quantitative estimate of drug-likeness (QED) is 0.817. The Kier molecular flexibility index (Phi) is 3.64. The summed E-state index contributed by atoms with van der Waals surface area (Å²) in [6.45, 7) is 2.98. The predicted octanol–water partition coefficient (Wildman–Crippen LogP) is 1.02. The van der Waals surface area contributed by atoms with Gasteiger partial charge < -0.3 is 15.8 Å². The van der Waals surface area contributed by atoms with E-state index in [-0.39, 0.29) is 17.9 Å². The van der Waals surface area contributed by atoms with E-state index in [9.17, 15) is 4.79 Å². The van der Waals surface area contributed by atoms with Crippen molar-refractivity contribution in [1.82, 2.24) is 5.32 Å². The number of fused-ring (bicyclic) bond motifs is 1. The number of carbonyl (C=O) groups is 1. The van der Waals surface area contributed by atoms with Crippen molar-refractivity contribution in [1.29, 1.82) is 0 Å². The summed E-state index contributed by atoms with van der Waals surface area (Å²) in [5.74, 6) is 0.662. The molecule has 2 rings (SSSR count). The second-order valence-corrected chi connectivity index (χ2v) is 4.46. The lowest BCUT2D eigenvalue weighted by atomic mass is 10.0. The van der Waals surface area contributed by atoms with Crippen molar-refractivity contribution in [2.45, 2.75) is 25.3 Å². The third-order valence-electron chi connectivity index (χ3n) is 2.92. The number of carbonyl (C=O) groups excluding carboxylic acids is 1. The van der Waals surface area contributed by atoms with E-state index >= 15 is 0 Å². The molecule has 1 aliphatic rings. The molecule has 17 heavy (non-hydrogen) atoms. The summed E-state index contributed by atoms with van der Waals surface area (Å²) in [6, 6.07) is 7.79. The van der Waals surface area contributed by atoms with Gasteiger partial charge in [-0.3, -0.25) is 4.79 Å². The molecule has 2 atom stereocenters. The first-order valence-corrected chi connectivity index (χ1v) is 5.93. The van der Waals surface area contributed by atoms with Crippen molar-refractivity contribution in [2.24, 2.45) is 5.73 Å². The summed E-state index contributed by atoms with van der Waals surface area (Å²) < 4.78 is 5.47. The number of nitrogens with one attached hydrogen (secondary N) is 1. The SMILES string of the molecule is CC(N)CCNC(=O)C1COc2ccccc21. The van der Waals surface area contributed by atoms with E-state index in [1.165, 1.54) is 0 Å². The minimum absolute atomic E-state index is 0.0237. The van der Waals surface area contributed by atoms with E-state index in [4.69, 9.17) is 10.5 Å². The van der Waals surface area contributed by atoms with Gasteiger partial charge >= 0.3 is 0 Å². The Hall–Kier alpha value is -1.55. The zero-order valence-corrected chi connectivity index (χ0v) is 9.98. The number of nitrogens with two attached hydrogens (primary N) is 1. The maximum atomic E-state index is 12.0. The number of ether oxygens (including phenoxy) is 1. The Morgan fingerprint density at radius 3 is 3.12 bits per heavy atom. The van der Waals surface area contributed by atoms with Crippen LogP contribution in [0.3, 0.4) is 0 Å². The molecule has 4 nitrogen and oxygen atoms in total. The molecule has 92 valence electrons. The lowest BCUT2D eigenvalue weighted by molar-refractivity contribution is -0.122. The van der Waals surface area contributed by atoms with E-state index in [1.54, 1.807) is 0 Å². The van der Waals surface area contributed by atoms with Crippen LogP contribution < -0.4 is 15.8 Å². The van der Waals surface area contributed by atoms with Gasteiger partial charge in [0.05, 0.1) is 0 Å². The molecule has 0 aliphatic carbocycles. The Balaban J connectivity index is 1.93. The predicted molar refractivity (Wildman–Crippen MR) is 66.0 cm³/mol. The van der Waals surface area contributed by atoms with Crippen LogP contribution in [0.25, 0.3) is 0 Å². The van der Waals surface area contributed by atoms with Crippen molar-refractivity contribution in [3.63, 3.8) is 0 Å². The van der Waals surface area contributed by atoms with Crippen molar-refractivity contribution >= 4 is 5.91 Å². The minimum Gasteiger partial charge on any atom is -0.492 e. The average molecular weight is 234 g/mol. The van der Waals surface area contributed by atoms with E-state index in [0.717, 1.165) is 17.7 Å². The van der Waals surface area contributed by atoms with Gasteiger partial charge in [-0.05, 0) is 19.4 Å². The van der Waals surface area contributed by atoms with Gasteiger partial charge in [0.2, 0.25) is 5.91 Å². The van der Waals surface area contributed by atoms with Crippen LogP contribution in [-0.4, -0.2) is 25.1 Å². The molecule has 1 aliphatic heterocycles. The largest absolute Gasteiger partial charge is 0.492 e. The van der Waals surface area contributed by atoms with Gasteiger partial charge in [-0.25, -0.2) is 0 Å². The van der Waals surface area contributed by atoms with Crippen molar-refractivity contribution in [3.8, 4) is 5.75 Å². The highest BCUT2D eigenvalue weighted by Crippen LogP contribution is 2.33. The number of para-hydroxylation sites is 1. The molecular weight excluding hydrogens is 216 g/mol. The molecule has 0 aromatic heterocycles. The maximum absolute atomic E-state index is 12.0. The molecule has 0 radical (unpaired) electrons. The fourth-order valence-corrected chi connectivity index (χ4v) is 1.93. The molecular formula is C13H18N2O2. The van der Waals surface area contributed by atoms with Crippen LogP contribution in [-0.2, 0) is 4.79 Å². The molecule has 0 saturated heterocycles. The molecule has 2 unspecified atom stereocenters. The van der Waals surface area contributed by atoms with Crippen molar-refractivity contribution < 1.29 is 9.53 Å². The average Bonchev–Trinajstić information content (AvgIpc) is 2.72. The number of hydrogen-bond donors (Lipinski definition) is 2. The van der Waals surface area contributed by atoms with Gasteiger partial charge in [0.1, 0.15) is 18.3 Å². The molecule has 1 aromatic carbocycles. The zero-order chi connectivity index (χ0) is 12.3. The number of amides is 1. The fraction of sp³-hybridized carbons (Fsp3) is 0.462. The molecule has 0 spiro atoms. The third-order valence-corrected chi connectivity index (χ3v) is 2.92. The van der Waals surface area contributed by atoms with Crippen molar-refractivity contribution in [2.75, 3.05) is 13.2 Å². The second-order valence-electron chi connectivity index (χ2n) is 4.46. The third kappa shape index (κ3) is 2.77. The molecule has 0 saturated carbocycles. The van der Waals surface area contributed by atoms with Crippen LogP contribution in [0.4, 0.5) is 0 Å². The van der Waals surface area contributed by atoms with E-state index in [1.807, 2.05) is 31.2 Å². The normalized spacial score (nSPS) is 19.3. The number of hydrogen-bond acceptors (Lipinski definition) is 3. The van der Waals surface area contributed by atoms with Gasteiger partial charge in [0.25, 0.3) is 0 Å². The summed E-state index contributed by atoms with van der Waals surface area (Å²) in [7, 11) is 0. The molecule has 1 heterocycles. The van der Waals surface area contributed by atoms with Gasteiger partial charge in [-0.1, -0.05) is 18.2 Å². The van der Waals surface area contributed by atoms with E-state index in [2.05, 4.69) is 5.32 Å². The maximum Gasteiger partial charge on any atom is 0.231 e. The molecule has 1 amide bonds. The molecule has 1 aromatic rings. The van der Waals surface area contributed by atoms with Crippen LogP contribution in [0.2, 0.25) is 0 Å². The van der Waals surface area contributed by atoms with Crippen LogP contribution in [0, 0.1) is 0 Å². The summed E-state index contributed by atoms with van der Waals surface area (Å²) in [5.41, 5.74) is 6.61. The second kappa shape index (κ2) is 5.19. The smallest absolute Gasteiger partial charge is 0.231 e. The highest BCUT2D eigenvalue weighted by Gasteiger charge is 2.29. The highest BCUT2D eigenvalue weighted by atomic mass is 16.5. The summed E-state index contributed by atoms with van der Waals surface area (Å²) in [5, 5.41) is 2.90. The number of benzene rings is 1. The lowest BCUT2D eigenvalue weighted by Crippen LogP contribution is -2.33. The van der Waals surface area contributed by atoms with E-state index in [0.29, 0.717) is 13.2 Å². The first kappa shape index (κ1) is 11.9. The van der Waals surface area contributed by atoms with Crippen LogP contribution in [0.5, 0.6) is 5.75 Å². The first-order chi connectivity index (χ1) is 8.18. The molecule has 0 bridgehead atoms. The fourth-order valence-electron chi connectivity index (χ4n) is 1.93. The summed E-state index contributed by atoms with van der Waals surface area (Å²) in [4.78, 5) is 12.0. The number of rotatable bonds is 4. The van der Waals surface area contributed by atoms with Gasteiger partial charge in [-0.2, -0.15) is 0 Å². The minimum atomic E-state index is -0.181.